The van der Waals surface area contributed by atoms with Gasteiger partial charge >= 0.3 is 0 Å². The summed E-state index contributed by atoms with van der Waals surface area (Å²) in [4.78, 5) is 14.8. The molecule has 1 saturated heterocycles. The van der Waals surface area contributed by atoms with Crippen molar-refractivity contribution in [3.05, 3.63) is 47.8 Å². The maximum atomic E-state index is 12.9. The van der Waals surface area contributed by atoms with Gasteiger partial charge in [-0.2, -0.15) is 5.10 Å². The monoisotopic (exact) mass is 343 g/mol. The van der Waals surface area contributed by atoms with Crippen LogP contribution in [-0.2, 0) is 4.74 Å². The zero-order chi connectivity index (χ0) is 17.6. The van der Waals surface area contributed by atoms with Crippen LogP contribution in [0.15, 0.2) is 36.7 Å². The minimum Gasteiger partial charge on any atom is -0.491 e. The number of carbonyl (C=O) groups is 1. The molecule has 1 aliphatic heterocycles. The number of hydrogen-bond donors (Lipinski definition) is 0. The van der Waals surface area contributed by atoms with Crippen LogP contribution >= 0.6 is 0 Å². The van der Waals surface area contributed by atoms with Crippen molar-refractivity contribution in [2.24, 2.45) is 0 Å². The summed E-state index contributed by atoms with van der Waals surface area (Å²) in [5.41, 5.74) is 1.80. The van der Waals surface area contributed by atoms with Crippen LogP contribution in [0.25, 0.3) is 0 Å². The molecular weight excluding hydrogens is 318 g/mol. The summed E-state index contributed by atoms with van der Waals surface area (Å²) < 4.78 is 12.6. The van der Waals surface area contributed by atoms with Gasteiger partial charge in [0.25, 0.3) is 5.91 Å². The molecule has 0 saturated carbocycles. The number of rotatable bonds is 6. The Labute approximate surface area is 148 Å². The van der Waals surface area contributed by atoms with Gasteiger partial charge in [0.15, 0.2) is 0 Å². The van der Waals surface area contributed by atoms with Gasteiger partial charge in [-0.1, -0.05) is 6.07 Å². The van der Waals surface area contributed by atoms with Gasteiger partial charge in [0.1, 0.15) is 12.4 Å². The Hall–Kier alpha value is -2.34. The largest absolute Gasteiger partial charge is 0.491 e. The van der Waals surface area contributed by atoms with Crippen LogP contribution in [-0.4, -0.2) is 54.0 Å². The van der Waals surface area contributed by atoms with Gasteiger partial charge in [0, 0.05) is 32.0 Å². The number of likely N-dealkylation sites (tertiary alicyclic amines) is 1. The van der Waals surface area contributed by atoms with Crippen LogP contribution < -0.4 is 4.74 Å². The van der Waals surface area contributed by atoms with Gasteiger partial charge in [-0.05, 0) is 43.5 Å². The van der Waals surface area contributed by atoms with Crippen molar-refractivity contribution in [1.82, 2.24) is 14.7 Å². The smallest absolute Gasteiger partial charge is 0.254 e. The van der Waals surface area contributed by atoms with Crippen molar-refractivity contribution < 1.29 is 14.3 Å². The maximum Gasteiger partial charge on any atom is 0.254 e. The predicted molar refractivity (Wildman–Crippen MR) is 95.0 cm³/mol. The molecule has 6 nitrogen and oxygen atoms in total. The Balaban J connectivity index is 1.66. The van der Waals surface area contributed by atoms with Crippen LogP contribution in [0.2, 0.25) is 0 Å². The molecule has 0 radical (unpaired) electrons. The van der Waals surface area contributed by atoms with E-state index in [1.165, 1.54) is 0 Å². The van der Waals surface area contributed by atoms with Crippen molar-refractivity contribution in [3.63, 3.8) is 0 Å². The van der Waals surface area contributed by atoms with Gasteiger partial charge in [0.2, 0.25) is 0 Å². The molecule has 2 heterocycles. The van der Waals surface area contributed by atoms with Crippen molar-refractivity contribution in [1.29, 1.82) is 0 Å². The van der Waals surface area contributed by atoms with Crippen LogP contribution in [0.5, 0.6) is 5.75 Å². The highest BCUT2D eigenvalue weighted by Crippen LogP contribution is 2.23. The number of aromatic nitrogens is 2. The van der Waals surface area contributed by atoms with E-state index in [9.17, 15) is 4.79 Å². The summed E-state index contributed by atoms with van der Waals surface area (Å²) in [6.07, 6.45) is 5.94. The number of hydrogen-bond acceptors (Lipinski definition) is 4. The maximum absolute atomic E-state index is 12.9. The average Bonchev–Trinajstić information content (AvgIpc) is 3.08. The highest BCUT2D eigenvalue weighted by molar-refractivity contribution is 5.94. The molecule has 1 amide bonds. The SMILES string of the molecule is COCCOc1cccc(C(=O)N2CCC[C@@H](n3cc(C)cn3)C2)c1. The molecule has 1 aromatic carbocycles. The van der Waals surface area contributed by atoms with Gasteiger partial charge < -0.3 is 14.4 Å². The number of methoxy groups -OCH3 is 1. The zero-order valence-corrected chi connectivity index (χ0v) is 14.9. The average molecular weight is 343 g/mol. The number of nitrogens with zero attached hydrogens (tertiary/aromatic N) is 3. The Morgan fingerprint density at radius 1 is 1.36 bits per heavy atom. The van der Waals surface area contributed by atoms with E-state index in [4.69, 9.17) is 9.47 Å². The third-order valence-corrected chi connectivity index (χ3v) is 4.43. The fraction of sp³-hybridized carbons (Fsp3) is 0.474. The lowest BCUT2D eigenvalue weighted by molar-refractivity contribution is 0.0672. The molecule has 6 heteroatoms. The van der Waals surface area contributed by atoms with Crippen molar-refractivity contribution >= 4 is 5.91 Å². The lowest BCUT2D eigenvalue weighted by atomic mass is 10.0. The number of piperidine rings is 1. The second-order valence-corrected chi connectivity index (χ2v) is 6.41. The summed E-state index contributed by atoms with van der Waals surface area (Å²) in [7, 11) is 1.64. The predicted octanol–water partition coefficient (Wildman–Crippen LogP) is 2.69. The second-order valence-electron chi connectivity index (χ2n) is 6.41. The standard InChI is InChI=1S/C19H25N3O3/c1-15-12-20-22(13-15)17-6-4-8-21(14-17)19(23)16-5-3-7-18(11-16)25-10-9-24-2/h3,5,7,11-13,17H,4,6,8-10,14H2,1-2H3/t17-/m1/s1. The second kappa shape index (κ2) is 8.16. The summed E-state index contributed by atoms with van der Waals surface area (Å²) in [5, 5.41) is 4.41. The first-order valence-electron chi connectivity index (χ1n) is 8.69. The fourth-order valence-corrected chi connectivity index (χ4v) is 3.13. The van der Waals surface area contributed by atoms with E-state index in [0.29, 0.717) is 31.1 Å². The number of amides is 1. The number of ether oxygens (including phenoxy) is 2. The summed E-state index contributed by atoms with van der Waals surface area (Å²) in [5.74, 6) is 0.741. The molecule has 25 heavy (non-hydrogen) atoms. The third kappa shape index (κ3) is 4.39. The first-order chi connectivity index (χ1) is 12.2. The molecule has 0 spiro atoms. The first-order valence-corrected chi connectivity index (χ1v) is 8.69. The lowest BCUT2D eigenvalue weighted by Crippen LogP contribution is -2.40. The van der Waals surface area contributed by atoms with E-state index >= 15 is 0 Å². The van der Waals surface area contributed by atoms with E-state index < -0.39 is 0 Å². The molecule has 0 aliphatic carbocycles. The highest BCUT2D eigenvalue weighted by atomic mass is 16.5. The third-order valence-electron chi connectivity index (χ3n) is 4.43. The van der Waals surface area contributed by atoms with Crippen LogP contribution in [0, 0.1) is 6.92 Å². The summed E-state index contributed by atoms with van der Waals surface area (Å²) in [6, 6.07) is 7.60. The van der Waals surface area contributed by atoms with Gasteiger partial charge in [-0.25, -0.2) is 0 Å². The topological polar surface area (TPSA) is 56.6 Å². The molecule has 3 rings (SSSR count). The zero-order valence-electron chi connectivity index (χ0n) is 14.9. The molecule has 1 fully saturated rings. The van der Waals surface area contributed by atoms with Crippen LogP contribution in [0.1, 0.15) is 34.8 Å². The first kappa shape index (κ1) is 17.5. The molecule has 1 aliphatic rings. The Kier molecular flexibility index (Phi) is 5.71. The molecule has 134 valence electrons. The minimum absolute atomic E-state index is 0.0470. The fourth-order valence-electron chi connectivity index (χ4n) is 3.13. The molecule has 0 unspecified atom stereocenters. The van der Waals surface area contributed by atoms with Gasteiger partial charge in [-0.15, -0.1) is 0 Å². The Bertz CT molecular complexity index is 713. The molecule has 2 aromatic rings. The van der Waals surface area contributed by atoms with Crippen molar-refractivity contribution in [2.75, 3.05) is 33.4 Å². The number of aryl methyl sites for hydroxylation is 1. The van der Waals surface area contributed by atoms with E-state index in [0.717, 1.165) is 24.9 Å². The normalized spacial score (nSPS) is 17.5. The van der Waals surface area contributed by atoms with E-state index in [-0.39, 0.29) is 11.9 Å². The summed E-state index contributed by atoms with van der Waals surface area (Å²) in [6.45, 7) is 4.50. The van der Waals surface area contributed by atoms with E-state index in [1.54, 1.807) is 13.2 Å². The number of benzene rings is 1. The molecular formula is C19H25N3O3. The molecule has 1 atom stereocenters. The lowest BCUT2D eigenvalue weighted by Gasteiger charge is -2.33. The van der Waals surface area contributed by atoms with Crippen molar-refractivity contribution in [2.45, 2.75) is 25.8 Å². The van der Waals surface area contributed by atoms with Crippen LogP contribution in [0.4, 0.5) is 0 Å². The van der Waals surface area contributed by atoms with Gasteiger partial charge in [-0.3, -0.25) is 9.48 Å². The minimum atomic E-state index is 0.0470. The molecule has 0 bridgehead atoms. The Morgan fingerprint density at radius 3 is 3.00 bits per heavy atom. The summed E-state index contributed by atoms with van der Waals surface area (Å²) >= 11 is 0. The molecule has 1 aromatic heterocycles. The quantitative estimate of drug-likeness (QED) is 0.757. The Morgan fingerprint density at radius 2 is 2.24 bits per heavy atom. The number of carbonyl (C=O) groups excluding carboxylic acids is 1. The van der Waals surface area contributed by atoms with Crippen LogP contribution in [0.3, 0.4) is 0 Å². The van der Waals surface area contributed by atoms with E-state index in [1.807, 2.05) is 47.1 Å². The van der Waals surface area contributed by atoms with E-state index in [2.05, 4.69) is 5.10 Å². The van der Waals surface area contributed by atoms with Crippen molar-refractivity contribution in [3.8, 4) is 5.75 Å². The van der Waals surface area contributed by atoms with Gasteiger partial charge in [0.05, 0.1) is 18.8 Å². The highest BCUT2D eigenvalue weighted by Gasteiger charge is 2.26. The molecule has 0 N–H and O–H groups in total.